The Morgan fingerprint density at radius 3 is 2.66 bits per heavy atom. The Morgan fingerprint density at radius 1 is 1.24 bits per heavy atom. The normalized spacial score (nSPS) is 21.8. The molecule has 2 fully saturated rings. The van der Waals surface area contributed by atoms with E-state index in [1.165, 1.54) is 11.1 Å². The van der Waals surface area contributed by atoms with Gasteiger partial charge in [0.25, 0.3) is 0 Å². The second-order valence-electron chi connectivity index (χ2n) is 8.86. The number of hydrogen-bond acceptors (Lipinski definition) is 7. The van der Waals surface area contributed by atoms with Crippen molar-refractivity contribution in [2.75, 3.05) is 26.6 Å². The predicted octanol–water partition coefficient (Wildman–Crippen LogP) is 6.80. The second kappa shape index (κ2) is 13.9. The van der Waals surface area contributed by atoms with Gasteiger partial charge in [-0.25, -0.2) is 4.98 Å². The molecule has 1 N–H and O–H groups in total. The molecule has 3 heterocycles. The average molecular weight is 683 g/mol. The highest BCUT2D eigenvalue weighted by atomic mass is 127. The topological polar surface area (TPSA) is 65.7 Å². The molecule has 5 unspecified atom stereocenters. The van der Waals surface area contributed by atoms with Crippen molar-refractivity contribution in [1.82, 2.24) is 9.55 Å². The number of aliphatic hydroxyl groups excluding tert-OH is 1. The van der Waals surface area contributed by atoms with Gasteiger partial charge in [-0.1, -0.05) is 30.0 Å². The minimum absolute atomic E-state index is 0.164. The van der Waals surface area contributed by atoms with Gasteiger partial charge in [-0.05, 0) is 83.1 Å². The highest BCUT2D eigenvalue weighted by molar-refractivity contribution is 14.2. The first kappa shape index (κ1) is 29.7. The number of aryl methyl sites for hydroxylation is 1. The van der Waals surface area contributed by atoms with Gasteiger partial charge < -0.3 is 23.7 Å². The van der Waals surface area contributed by atoms with Gasteiger partial charge in [0.05, 0.1) is 24.9 Å². The molecular formula is C28H32IN2O4PS2. The highest BCUT2D eigenvalue weighted by Gasteiger charge is 2.43. The molecule has 6 nitrogen and oxygen atoms in total. The fourth-order valence-corrected chi connectivity index (χ4v) is 7.84. The number of thioether (sulfide) groups is 2. The molecule has 0 radical (unpaired) electrons. The Labute approximate surface area is 248 Å². The van der Waals surface area contributed by atoms with Crippen LogP contribution in [0.25, 0.3) is 11.1 Å². The molecule has 0 spiro atoms. The summed E-state index contributed by atoms with van der Waals surface area (Å²) in [7, 11) is 1.00. The molecule has 5 atom stereocenters. The lowest BCUT2D eigenvalue weighted by Gasteiger charge is -2.26. The molecule has 1 aromatic heterocycles. The van der Waals surface area contributed by atoms with Gasteiger partial charge in [0.2, 0.25) is 0 Å². The number of nitrogens with zero attached hydrogens (tertiary/aromatic N) is 2. The summed E-state index contributed by atoms with van der Waals surface area (Å²) in [5.41, 5.74) is 4.52. The first-order chi connectivity index (χ1) is 18.5. The van der Waals surface area contributed by atoms with E-state index < -0.39 is 4.93 Å². The molecule has 5 rings (SSSR count). The van der Waals surface area contributed by atoms with Crippen LogP contribution < -0.4 is 4.74 Å². The smallest absolute Gasteiger partial charge is 0.173 e. The van der Waals surface area contributed by atoms with Crippen molar-refractivity contribution in [3.63, 3.8) is 0 Å². The summed E-state index contributed by atoms with van der Waals surface area (Å²) in [4.78, 5) is 4.16. The largest absolute Gasteiger partial charge is 0.488 e. The van der Waals surface area contributed by atoms with Crippen LogP contribution in [0.5, 0.6) is 5.75 Å². The van der Waals surface area contributed by atoms with Crippen molar-refractivity contribution < 1.29 is 19.1 Å². The van der Waals surface area contributed by atoms with Gasteiger partial charge >= 0.3 is 0 Å². The molecule has 0 bridgehead atoms. The van der Waals surface area contributed by atoms with Crippen molar-refractivity contribution in [3.8, 4) is 28.7 Å². The maximum absolute atomic E-state index is 7.00. The SMILES string of the molecule is CO.CSC(C)(OPI)c1nccn1C1SC1C#Cc1ccc(-c2ccc(OC3CCOC3)c(C)c2)cc1. The maximum atomic E-state index is 7.00. The molecular weight excluding hydrogens is 650 g/mol. The summed E-state index contributed by atoms with van der Waals surface area (Å²) in [6.07, 6.45) is 7.08. The van der Waals surface area contributed by atoms with Crippen molar-refractivity contribution >= 4 is 52.0 Å². The number of benzene rings is 2. The monoisotopic (exact) mass is 682 g/mol. The number of hydrogen-bond donors (Lipinski definition) is 1. The maximum Gasteiger partial charge on any atom is 0.173 e. The Bertz CT molecular complexity index is 1270. The molecule has 0 amide bonds. The van der Waals surface area contributed by atoms with Gasteiger partial charge in [0, 0.05) is 31.5 Å². The molecule has 38 heavy (non-hydrogen) atoms. The Balaban J connectivity index is 0.00000164. The minimum Gasteiger partial charge on any atom is -0.488 e. The minimum atomic E-state index is -0.451. The third-order valence-corrected chi connectivity index (χ3v) is 9.85. The van der Waals surface area contributed by atoms with Gasteiger partial charge in [-0.2, -0.15) is 0 Å². The Kier molecular flexibility index (Phi) is 10.9. The van der Waals surface area contributed by atoms with Crippen LogP contribution in [-0.2, 0) is 14.2 Å². The van der Waals surface area contributed by atoms with Crippen LogP contribution in [0.1, 0.15) is 35.7 Å². The molecule has 2 aliphatic heterocycles. The molecule has 3 aromatic rings. The van der Waals surface area contributed by atoms with Gasteiger partial charge in [0.15, 0.2) is 10.8 Å². The molecule has 0 aliphatic carbocycles. The van der Waals surface area contributed by atoms with Gasteiger partial charge in [-0.3, -0.25) is 0 Å². The fraction of sp³-hybridized carbons (Fsp3) is 0.393. The van der Waals surface area contributed by atoms with E-state index in [-0.39, 0.29) is 16.7 Å². The lowest BCUT2D eigenvalue weighted by atomic mass is 10.0. The van der Waals surface area contributed by atoms with E-state index >= 15 is 0 Å². The fourth-order valence-electron chi connectivity index (χ4n) is 4.19. The first-order valence-corrected chi connectivity index (χ1v) is 18.4. The zero-order valence-electron chi connectivity index (χ0n) is 21.8. The van der Waals surface area contributed by atoms with Gasteiger partial charge in [-0.15, -0.1) is 23.5 Å². The quantitative estimate of drug-likeness (QED) is 0.0923. The van der Waals surface area contributed by atoms with Crippen LogP contribution in [0.3, 0.4) is 0 Å². The van der Waals surface area contributed by atoms with Crippen LogP contribution in [0.4, 0.5) is 0 Å². The summed E-state index contributed by atoms with van der Waals surface area (Å²) < 4.78 is 19.8. The third-order valence-electron chi connectivity index (χ3n) is 6.37. The summed E-state index contributed by atoms with van der Waals surface area (Å²) >= 11 is 5.79. The van der Waals surface area contributed by atoms with Crippen LogP contribution >= 0.6 is 52.0 Å². The molecule has 10 heteroatoms. The van der Waals surface area contributed by atoms with Crippen molar-refractivity contribution in [1.29, 1.82) is 0 Å². The van der Waals surface area contributed by atoms with E-state index in [0.29, 0.717) is 13.1 Å². The van der Waals surface area contributed by atoms with E-state index in [4.69, 9.17) is 19.1 Å². The first-order valence-electron chi connectivity index (χ1n) is 12.2. The third kappa shape index (κ3) is 7.08. The number of rotatable bonds is 8. The molecule has 2 saturated heterocycles. The molecule has 2 aromatic carbocycles. The Morgan fingerprint density at radius 2 is 2.00 bits per heavy atom. The average Bonchev–Trinajstić information content (AvgIpc) is 3.29. The van der Waals surface area contributed by atoms with E-state index in [1.54, 1.807) is 11.8 Å². The standard InChI is InChI=1S/C27H28IN2O3PS2.CH4O/c1-18-16-21(9-10-23(18)32-22-12-15-31-17-22)20-7-4-19(5-8-20)6-11-24-25(36-24)30-14-13-29-26(30)27(2,35-3)33-34-28;1-2/h4-5,7-10,13-14,16,22,24-25,34H,12,15,17H2,1-3H3;2H,1H3. The lowest BCUT2D eigenvalue weighted by molar-refractivity contribution is 0.141. The second-order valence-corrected chi connectivity index (χ2v) is 13.0. The van der Waals surface area contributed by atoms with Crippen molar-refractivity contribution in [3.05, 3.63) is 71.8 Å². The van der Waals surface area contributed by atoms with Crippen LogP contribution in [-0.4, -0.2) is 52.6 Å². The highest BCUT2D eigenvalue weighted by Crippen LogP contribution is 2.53. The number of ether oxygens (including phenoxy) is 2. The van der Waals surface area contributed by atoms with E-state index in [0.717, 1.165) is 42.8 Å². The lowest BCUT2D eigenvalue weighted by Crippen LogP contribution is -2.23. The van der Waals surface area contributed by atoms with E-state index in [9.17, 15) is 0 Å². The number of aliphatic hydroxyl groups is 1. The van der Waals surface area contributed by atoms with Gasteiger partial charge in [0.1, 0.15) is 17.2 Å². The van der Waals surface area contributed by atoms with E-state index in [1.807, 2.05) is 24.2 Å². The number of halogens is 1. The Hall–Kier alpha value is -1.25. The summed E-state index contributed by atoms with van der Waals surface area (Å²) in [5.74, 6) is 8.69. The molecule has 0 saturated carbocycles. The van der Waals surface area contributed by atoms with Crippen LogP contribution in [0.2, 0.25) is 0 Å². The zero-order chi connectivity index (χ0) is 27.1. The number of aromatic nitrogens is 2. The van der Waals surface area contributed by atoms with E-state index in [2.05, 4.69) is 106 Å². The predicted molar refractivity (Wildman–Crippen MR) is 168 cm³/mol. The summed E-state index contributed by atoms with van der Waals surface area (Å²) in [6, 6.07) is 14.9. The van der Waals surface area contributed by atoms with Crippen molar-refractivity contribution in [2.45, 2.75) is 41.9 Å². The summed E-state index contributed by atoms with van der Waals surface area (Å²) in [6.45, 7) is 6.03. The van der Waals surface area contributed by atoms with Crippen LogP contribution in [0, 0.1) is 18.8 Å². The van der Waals surface area contributed by atoms with Crippen molar-refractivity contribution in [2.24, 2.45) is 0 Å². The summed E-state index contributed by atoms with van der Waals surface area (Å²) in [5, 5.41) is 7.53. The molecule has 2 aliphatic rings. The number of imidazole rings is 1. The molecule has 202 valence electrons. The zero-order valence-corrected chi connectivity index (χ0v) is 26.6. The van der Waals surface area contributed by atoms with Crippen LogP contribution in [0.15, 0.2) is 54.9 Å².